The molecule has 0 heterocycles. The summed E-state index contributed by atoms with van der Waals surface area (Å²) < 4.78 is 5.85. The van der Waals surface area contributed by atoms with E-state index in [0.717, 1.165) is 17.3 Å². The minimum absolute atomic E-state index is 0.123. The van der Waals surface area contributed by atoms with Gasteiger partial charge >= 0.3 is 0 Å². The molecule has 0 fully saturated rings. The molecule has 0 saturated carbocycles. The average Bonchev–Trinajstić information content (AvgIpc) is 2.39. The number of methoxy groups -OCH3 is 1. The number of carbonyl (C=O) groups is 1. The number of halogens is 1. The summed E-state index contributed by atoms with van der Waals surface area (Å²) in [6.07, 6.45) is 1.62. The van der Waals surface area contributed by atoms with Crippen molar-refractivity contribution < 1.29 is 14.6 Å². The summed E-state index contributed by atoms with van der Waals surface area (Å²) in [6, 6.07) is 5.29. The molecule has 1 aromatic rings. The van der Waals surface area contributed by atoms with E-state index in [-0.39, 0.29) is 12.5 Å². The highest BCUT2D eigenvalue weighted by molar-refractivity contribution is 9.10. The Bertz CT molecular complexity index is 423. The summed E-state index contributed by atoms with van der Waals surface area (Å²) in [4.78, 5) is 12.0. The quantitative estimate of drug-likeness (QED) is 0.808. The number of nitrogens with one attached hydrogen (secondary N) is 1. The number of carbonyl (C=O) groups excluding carboxylic acids is 1. The van der Waals surface area contributed by atoms with Gasteiger partial charge in [-0.1, -0.05) is 6.92 Å². The molecule has 0 radical (unpaired) electrons. The minimum Gasteiger partial charge on any atom is -0.497 e. The Hall–Kier alpha value is -1.07. The fourth-order valence-corrected chi connectivity index (χ4v) is 2.12. The molecule has 0 aliphatic heterocycles. The third-order valence-electron chi connectivity index (χ3n) is 2.96. The lowest BCUT2D eigenvalue weighted by molar-refractivity contribution is 0.0950. The second-order valence-electron chi connectivity index (χ2n) is 4.51. The van der Waals surface area contributed by atoms with E-state index in [1.807, 2.05) is 0 Å². The van der Waals surface area contributed by atoms with E-state index < -0.39 is 0 Å². The van der Waals surface area contributed by atoms with E-state index in [1.54, 1.807) is 25.3 Å². The summed E-state index contributed by atoms with van der Waals surface area (Å²) in [5, 5.41) is 11.7. The van der Waals surface area contributed by atoms with Crippen LogP contribution in [0.3, 0.4) is 0 Å². The monoisotopic (exact) mass is 329 g/mol. The van der Waals surface area contributed by atoms with Crippen LogP contribution >= 0.6 is 15.9 Å². The van der Waals surface area contributed by atoms with Gasteiger partial charge in [0.25, 0.3) is 5.91 Å². The smallest absolute Gasteiger partial charge is 0.252 e. The van der Waals surface area contributed by atoms with Crippen molar-refractivity contribution >= 4 is 21.8 Å². The molecule has 5 heteroatoms. The summed E-state index contributed by atoms with van der Waals surface area (Å²) in [6.45, 7) is 2.85. The van der Waals surface area contributed by atoms with Gasteiger partial charge in [0.1, 0.15) is 5.75 Å². The number of hydrogen-bond donors (Lipinski definition) is 2. The molecule has 0 bridgehead atoms. The largest absolute Gasteiger partial charge is 0.497 e. The minimum atomic E-state index is -0.123. The van der Waals surface area contributed by atoms with Crippen LogP contribution < -0.4 is 10.1 Å². The Labute approximate surface area is 122 Å². The van der Waals surface area contributed by atoms with Gasteiger partial charge < -0.3 is 15.2 Å². The highest BCUT2D eigenvalue weighted by Crippen LogP contribution is 2.22. The van der Waals surface area contributed by atoms with E-state index in [0.29, 0.717) is 23.8 Å². The van der Waals surface area contributed by atoms with Crippen molar-refractivity contribution in [2.45, 2.75) is 19.8 Å². The van der Waals surface area contributed by atoms with E-state index >= 15 is 0 Å². The van der Waals surface area contributed by atoms with Crippen molar-refractivity contribution in [3.8, 4) is 5.75 Å². The highest BCUT2D eigenvalue weighted by atomic mass is 79.9. The predicted molar refractivity (Wildman–Crippen MR) is 78.5 cm³/mol. The van der Waals surface area contributed by atoms with Crippen LogP contribution in [0.1, 0.15) is 30.1 Å². The van der Waals surface area contributed by atoms with Crippen molar-refractivity contribution in [1.82, 2.24) is 5.32 Å². The van der Waals surface area contributed by atoms with Crippen LogP contribution in [0.4, 0.5) is 0 Å². The molecular weight excluding hydrogens is 310 g/mol. The molecule has 19 heavy (non-hydrogen) atoms. The number of ether oxygens (including phenoxy) is 1. The zero-order valence-electron chi connectivity index (χ0n) is 11.3. The molecule has 2 N–H and O–H groups in total. The average molecular weight is 330 g/mol. The van der Waals surface area contributed by atoms with Crippen LogP contribution in [-0.2, 0) is 0 Å². The lowest BCUT2D eigenvalue weighted by Gasteiger charge is -2.11. The number of aliphatic hydroxyl groups excluding tert-OH is 1. The van der Waals surface area contributed by atoms with Crippen LogP contribution in [0.15, 0.2) is 22.7 Å². The van der Waals surface area contributed by atoms with E-state index in [2.05, 4.69) is 28.2 Å². The van der Waals surface area contributed by atoms with E-state index in [9.17, 15) is 4.79 Å². The van der Waals surface area contributed by atoms with Gasteiger partial charge in [0.15, 0.2) is 0 Å². The van der Waals surface area contributed by atoms with Gasteiger partial charge in [0, 0.05) is 17.6 Å². The maximum Gasteiger partial charge on any atom is 0.252 e. The topological polar surface area (TPSA) is 58.6 Å². The molecule has 0 unspecified atom stereocenters. The van der Waals surface area contributed by atoms with E-state index in [1.165, 1.54) is 0 Å². The fourth-order valence-electron chi connectivity index (χ4n) is 1.70. The summed E-state index contributed by atoms with van der Waals surface area (Å²) in [5.41, 5.74) is 0.564. The summed E-state index contributed by atoms with van der Waals surface area (Å²) >= 11 is 3.36. The van der Waals surface area contributed by atoms with Gasteiger partial charge in [-0.15, -0.1) is 0 Å². The lowest BCUT2D eigenvalue weighted by atomic mass is 10.0. The Balaban J connectivity index is 2.53. The van der Waals surface area contributed by atoms with Gasteiger partial charge in [0.2, 0.25) is 0 Å². The van der Waals surface area contributed by atoms with Gasteiger partial charge in [-0.3, -0.25) is 4.79 Å². The number of amides is 1. The third-order valence-corrected chi connectivity index (χ3v) is 3.65. The van der Waals surface area contributed by atoms with Crippen molar-refractivity contribution in [3.63, 3.8) is 0 Å². The first-order chi connectivity index (χ1) is 9.08. The fraction of sp³-hybridized carbons (Fsp3) is 0.500. The van der Waals surface area contributed by atoms with Gasteiger partial charge in [-0.2, -0.15) is 0 Å². The second-order valence-corrected chi connectivity index (χ2v) is 5.36. The van der Waals surface area contributed by atoms with Crippen molar-refractivity contribution in [1.29, 1.82) is 0 Å². The number of aliphatic hydroxyl groups is 1. The molecule has 0 spiro atoms. The Morgan fingerprint density at radius 3 is 2.84 bits per heavy atom. The Morgan fingerprint density at radius 1 is 1.47 bits per heavy atom. The Kier molecular flexibility index (Phi) is 6.87. The summed E-state index contributed by atoms with van der Waals surface area (Å²) in [7, 11) is 1.57. The molecule has 0 aromatic heterocycles. The molecule has 1 amide bonds. The first-order valence-electron chi connectivity index (χ1n) is 6.31. The highest BCUT2D eigenvalue weighted by Gasteiger charge is 2.11. The molecule has 0 aliphatic carbocycles. The second kappa shape index (κ2) is 8.17. The van der Waals surface area contributed by atoms with Gasteiger partial charge in [-0.25, -0.2) is 0 Å². The van der Waals surface area contributed by atoms with Gasteiger partial charge in [-0.05, 0) is 52.9 Å². The van der Waals surface area contributed by atoms with Crippen molar-refractivity contribution in [2.24, 2.45) is 5.92 Å². The zero-order valence-corrected chi connectivity index (χ0v) is 12.9. The number of rotatable bonds is 7. The predicted octanol–water partition coefficient (Wildman–Crippen LogP) is 2.60. The third kappa shape index (κ3) is 5.20. The van der Waals surface area contributed by atoms with Crippen LogP contribution in [0.5, 0.6) is 5.75 Å². The molecular formula is C14H20BrNO3. The van der Waals surface area contributed by atoms with Crippen molar-refractivity contribution in [3.05, 3.63) is 28.2 Å². The van der Waals surface area contributed by atoms with Crippen LogP contribution in [0, 0.1) is 5.92 Å². The molecule has 106 valence electrons. The first-order valence-corrected chi connectivity index (χ1v) is 7.10. The van der Waals surface area contributed by atoms with E-state index in [4.69, 9.17) is 9.84 Å². The Morgan fingerprint density at radius 2 is 2.21 bits per heavy atom. The van der Waals surface area contributed by atoms with Gasteiger partial charge in [0.05, 0.1) is 12.7 Å². The number of benzene rings is 1. The molecule has 1 rings (SSSR count). The molecule has 0 saturated heterocycles. The number of hydrogen-bond acceptors (Lipinski definition) is 3. The molecule has 4 nitrogen and oxygen atoms in total. The maximum absolute atomic E-state index is 12.0. The summed E-state index contributed by atoms with van der Waals surface area (Å²) in [5.74, 6) is 0.933. The molecule has 0 aliphatic rings. The normalized spacial score (nSPS) is 12.0. The SMILES string of the molecule is COc1ccc(Br)c(C(=O)NCC[C@@H](C)CCO)c1. The van der Waals surface area contributed by atoms with Crippen LogP contribution in [-0.4, -0.2) is 31.3 Å². The standard InChI is InChI=1S/C14H20BrNO3/c1-10(6-8-17)5-7-16-14(18)12-9-11(19-2)3-4-13(12)15/h3-4,9-10,17H,5-8H2,1-2H3,(H,16,18)/t10-/m1/s1. The zero-order chi connectivity index (χ0) is 14.3. The first kappa shape index (κ1) is 16.0. The van der Waals surface area contributed by atoms with Crippen molar-refractivity contribution in [2.75, 3.05) is 20.3 Å². The lowest BCUT2D eigenvalue weighted by Crippen LogP contribution is -2.26. The van der Waals surface area contributed by atoms with Crippen LogP contribution in [0.2, 0.25) is 0 Å². The van der Waals surface area contributed by atoms with Crippen LogP contribution in [0.25, 0.3) is 0 Å². The maximum atomic E-state index is 12.0. The molecule has 1 aromatic carbocycles. The molecule has 1 atom stereocenters.